The van der Waals surface area contributed by atoms with E-state index in [1.807, 2.05) is 107 Å². The smallest absolute Gasteiger partial charge is 0.222 e. The Hall–Kier alpha value is -12.2. The van der Waals surface area contributed by atoms with E-state index in [-0.39, 0.29) is 23.8 Å². The average Bonchev–Trinajstić information content (AvgIpc) is 1.64. The lowest BCUT2D eigenvalue weighted by atomic mass is 10.0. The fourth-order valence-corrected chi connectivity index (χ4v) is 20.6. The molecule has 16 heterocycles. The second-order valence-electron chi connectivity index (χ2n) is 35.2. The molecule has 0 atom stereocenters. The summed E-state index contributed by atoms with van der Waals surface area (Å²) in [5.74, 6) is 3.18. The van der Waals surface area contributed by atoms with Gasteiger partial charge in [-0.25, -0.2) is 42.6 Å². The summed E-state index contributed by atoms with van der Waals surface area (Å²) < 4.78 is 38.1. The van der Waals surface area contributed by atoms with E-state index in [4.69, 9.17) is 42.9 Å². The van der Waals surface area contributed by atoms with Gasteiger partial charge in [0.05, 0.1) is 81.7 Å². The Balaban J connectivity index is 0.000000127. The molecule has 16 aromatic rings. The van der Waals surface area contributed by atoms with Crippen LogP contribution in [-0.2, 0) is 50.6 Å². The Morgan fingerprint density at radius 3 is 1.12 bits per heavy atom. The molecule has 12 aromatic heterocycles. The molecule has 20 rings (SSSR count). The number of piperidine rings is 4. The van der Waals surface area contributed by atoms with Gasteiger partial charge in [-0.3, -0.25) is 24.4 Å². The molecule has 0 bridgehead atoms. The Labute approximate surface area is 826 Å². The number of hydrogen-bond donors (Lipinski definition) is 8. The highest BCUT2D eigenvalue weighted by Gasteiger charge is 2.33. The zero-order valence-corrected chi connectivity index (χ0v) is 84.3. The molecule has 12 N–H and O–H groups in total. The highest BCUT2D eigenvalue weighted by molar-refractivity contribution is 9.11. The molecule has 710 valence electrons. The number of aryl methyl sites for hydroxylation is 2. The maximum atomic E-state index is 12.5. The third-order valence-electron chi connectivity index (χ3n) is 25.8. The number of anilines is 4. The number of fused-ring (bicyclic) bond motifs is 6. The van der Waals surface area contributed by atoms with E-state index in [0.717, 1.165) is 210 Å². The number of nitrogen functional groups attached to an aromatic ring is 4. The second kappa shape index (κ2) is 42.4. The summed E-state index contributed by atoms with van der Waals surface area (Å²) in [5, 5.41) is 33.9. The van der Waals surface area contributed by atoms with Crippen molar-refractivity contribution < 1.29 is 22.8 Å². The summed E-state index contributed by atoms with van der Waals surface area (Å²) in [6.45, 7) is 20.7. The number of carbonyl (C=O) groups excluding carboxylic acids is 3. The molecule has 3 amide bonds. The van der Waals surface area contributed by atoms with Crippen molar-refractivity contribution in [3.05, 3.63) is 229 Å². The largest absolute Gasteiger partial charge is 0.383 e. The number of nitrogens with two attached hydrogens (primary N) is 4. The zero-order chi connectivity index (χ0) is 96.0. The number of para-hydroxylation sites is 1. The van der Waals surface area contributed by atoms with Gasteiger partial charge in [-0.15, -0.1) is 0 Å². The molecule has 4 fully saturated rings. The van der Waals surface area contributed by atoms with Crippen LogP contribution in [0, 0.1) is 13.8 Å². The van der Waals surface area contributed by atoms with E-state index in [1.165, 1.54) is 11.1 Å². The Morgan fingerprint density at radius 1 is 0.416 bits per heavy atom. The van der Waals surface area contributed by atoms with Crippen molar-refractivity contribution in [1.29, 1.82) is 0 Å². The maximum Gasteiger partial charge on any atom is 0.222 e. The second-order valence-corrected chi connectivity index (χ2v) is 40.9. The normalized spacial score (nSPS) is 15.1. The summed E-state index contributed by atoms with van der Waals surface area (Å²) >= 11 is 14.4. The van der Waals surface area contributed by atoms with E-state index in [0.29, 0.717) is 114 Å². The fourth-order valence-electron chi connectivity index (χ4n) is 17.7. The molecule has 39 heteroatoms. The zero-order valence-electron chi connectivity index (χ0n) is 77.1. The number of rotatable bonds is 21. The van der Waals surface area contributed by atoms with Gasteiger partial charge >= 0.3 is 0 Å². The van der Waals surface area contributed by atoms with Crippen molar-refractivity contribution in [2.45, 2.75) is 162 Å². The van der Waals surface area contributed by atoms with Gasteiger partial charge in [0.1, 0.15) is 23.3 Å². The van der Waals surface area contributed by atoms with Crippen LogP contribution in [0.25, 0.3) is 106 Å². The summed E-state index contributed by atoms with van der Waals surface area (Å²) in [6, 6.07) is 39.9. The molecule has 4 aromatic carbocycles. The fraction of sp³-hybridized carbons (Fsp3) is 0.337. The predicted molar refractivity (Wildman–Crippen MR) is 549 cm³/mol. The van der Waals surface area contributed by atoms with E-state index < -0.39 is 15.3 Å². The van der Waals surface area contributed by atoms with Crippen molar-refractivity contribution in [3.63, 3.8) is 0 Å². The minimum atomic E-state index is -3.21. The average molecular weight is 2120 g/mol. The number of hydrogen-bond acceptors (Lipinski definition) is 25. The molecule has 0 saturated carbocycles. The molecule has 4 aliphatic heterocycles. The molecular formula is C98H109Br4N29O5S. The molecule has 0 radical (unpaired) electrons. The van der Waals surface area contributed by atoms with Crippen molar-refractivity contribution in [3.8, 4) is 61.6 Å². The van der Waals surface area contributed by atoms with Crippen LogP contribution in [0.5, 0.6) is 0 Å². The SMILES string of the molecule is CC(=O)N1CCC(NCc2nc3c(-c4ccn(-c5ccccc5)c4)cnn3c(N)c2Br)CC1.CC(=O)N1CCC(NCc2nc3c(-c4cnc(-c5ccccc5)nc4)cnn3c(N)c2Br)CC1.CCC(=O)N1CCC(NCc2nc3c(-c4cnc5ccc(C)cc5c4)cnn3c(N)c2Br)CC1.Cc1ccc2ncc(-c3cnn4c(N)c(Br)c(CNC5CCN(S(=O)(=O)C(C)C)CC5)nc34)cc2c1. The van der Waals surface area contributed by atoms with Gasteiger partial charge < -0.3 is 63.5 Å². The summed E-state index contributed by atoms with van der Waals surface area (Å²) in [4.78, 5) is 78.7. The summed E-state index contributed by atoms with van der Waals surface area (Å²) in [5.41, 5.74) is 45.2. The van der Waals surface area contributed by atoms with Crippen molar-refractivity contribution in [2.75, 3.05) is 75.3 Å². The van der Waals surface area contributed by atoms with Crippen LogP contribution in [0.1, 0.15) is 126 Å². The van der Waals surface area contributed by atoms with Crippen molar-refractivity contribution in [1.82, 2.24) is 123 Å². The van der Waals surface area contributed by atoms with Gasteiger partial charge in [-0.2, -0.15) is 38.5 Å². The van der Waals surface area contributed by atoms with Gasteiger partial charge in [-0.05, 0) is 197 Å². The monoisotopic (exact) mass is 2120 g/mol. The first-order valence-electron chi connectivity index (χ1n) is 45.9. The molecule has 34 nitrogen and oxygen atoms in total. The minimum Gasteiger partial charge on any atom is -0.383 e. The number of pyridine rings is 2. The van der Waals surface area contributed by atoms with Gasteiger partial charge in [0.25, 0.3) is 0 Å². The number of nitrogens with one attached hydrogen (secondary N) is 4. The van der Waals surface area contributed by atoms with Crippen LogP contribution in [0.4, 0.5) is 23.3 Å². The topological polar surface area (TPSA) is 428 Å². The number of halogens is 4. The van der Waals surface area contributed by atoms with E-state index >= 15 is 0 Å². The minimum absolute atomic E-state index is 0.134. The molecule has 0 unspecified atom stereocenters. The predicted octanol–water partition coefficient (Wildman–Crippen LogP) is 14.9. The highest BCUT2D eigenvalue weighted by atomic mass is 79.9. The van der Waals surface area contributed by atoms with Crippen LogP contribution in [0.2, 0.25) is 0 Å². The van der Waals surface area contributed by atoms with Crippen LogP contribution in [-0.4, -0.2) is 210 Å². The Bertz CT molecular complexity index is 7230. The van der Waals surface area contributed by atoms with Crippen LogP contribution >= 0.6 is 63.7 Å². The molecule has 0 aliphatic carbocycles. The number of nitrogens with zero attached hydrogens (tertiary/aromatic N) is 21. The van der Waals surface area contributed by atoms with Crippen molar-refractivity contribution >= 4 is 159 Å². The lowest BCUT2D eigenvalue weighted by Crippen LogP contribution is -2.46. The maximum absolute atomic E-state index is 12.5. The first kappa shape index (κ1) is 96.5. The quantitative estimate of drug-likeness (QED) is 0.0331. The summed E-state index contributed by atoms with van der Waals surface area (Å²) in [7, 11) is -3.21. The van der Waals surface area contributed by atoms with Gasteiger partial charge in [0.15, 0.2) is 28.4 Å². The summed E-state index contributed by atoms with van der Waals surface area (Å²) in [6.07, 6.45) is 26.1. The van der Waals surface area contributed by atoms with E-state index in [1.54, 1.807) is 81.0 Å². The first-order chi connectivity index (χ1) is 66.1. The standard InChI is InChI=1S/C25H30BrN7O2S.C25H28BrN7O.C24H25BrN8O.C24H26BrN7O/c1-15(2)36(34,35)32-8-6-19(7-9-32)28-14-22-23(26)24(27)33-25(31-22)20(13-30-33)18-11-17-10-16(3)4-5-21(17)29-12-18;1-3-22(34)32-8-6-18(7-9-32)28-14-21-23(26)24(27)33-25(31-21)19(13-30-33)17-11-16-10-15(2)4-5-20(16)29-12-17;1-15(34)32-9-7-18(8-10-32)27-14-20-21(25)22(26)33-24(31-20)19(13-30-33)17-11-28-23(29-12-17)16-5-3-2-4-6-16;1-16(33)30-11-8-18(9-12-30)27-14-21-22(25)23(26)32-24(29-21)20(13-28-32)17-7-10-31(15-17)19-5-3-2-4-6-19/h4-5,10-13,15,19,28H,6-9,14,27H2,1-3H3;4-5,10-13,18,28H,3,6-9,14,27H2,1-2H3;2-6,11-13,18,27H,7-10,14,26H2,1H3;2-7,10,13,15,18,27H,8-9,11-12,14,26H2,1H3. The van der Waals surface area contributed by atoms with Gasteiger partial charge in [-0.1, -0.05) is 78.7 Å². The van der Waals surface area contributed by atoms with E-state index in [9.17, 15) is 22.8 Å². The van der Waals surface area contributed by atoms with E-state index in [2.05, 4.69) is 205 Å². The molecular weight excluding hydrogens is 2010 g/mol. The lowest BCUT2D eigenvalue weighted by Gasteiger charge is -2.32. The first-order valence-corrected chi connectivity index (χ1v) is 50.6. The number of sulfonamides is 1. The molecule has 137 heavy (non-hydrogen) atoms. The Kier molecular flexibility index (Phi) is 29.9. The highest BCUT2D eigenvalue weighted by Crippen LogP contribution is 2.38. The third-order valence-corrected chi connectivity index (χ3v) is 31.5. The number of likely N-dealkylation sites (tertiary alicyclic amines) is 3. The lowest BCUT2D eigenvalue weighted by molar-refractivity contribution is -0.132. The van der Waals surface area contributed by atoms with Crippen molar-refractivity contribution in [2.24, 2.45) is 0 Å². The Morgan fingerprint density at radius 2 is 0.759 bits per heavy atom. The van der Waals surface area contributed by atoms with Crippen LogP contribution in [0.3, 0.4) is 0 Å². The van der Waals surface area contributed by atoms with Crippen LogP contribution in [0.15, 0.2) is 195 Å². The number of carbonyl (C=O) groups is 3. The number of benzene rings is 4. The molecule has 4 aliphatic rings. The van der Waals surface area contributed by atoms with Gasteiger partial charge in [0.2, 0.25) is 27.7 Å². The number of aromatic nitrogens is 17. The van der Waals surface area contributed by atoms with Crippen LogP contribution < -0.4 is 44.2 Å². The van der Waals surface area contributed by atoms with Gasteiger partial charge in [0, 0.05) is 227 Å². The molecule has 0 spiro atoms. The third kappa shape index (κ3) is 21.4. The molecule has 4 saturated heterocycles. The number of amides is 3.